The van der Waals surface area contributed by atoms with Gasteiger partial charge in [-0.2, -0.15) is 11.3 Å². The molecule has 0 unspecified atom stereocenters. The molecular formula is C12H16N4S. The van der Waals surface area contributed by atoms with Gasteiger partial charge in [-0.05, 0) is 22.4 Å². The summed E-state index contributed by atoms with van der Waals surface area (Å²) in [6.45, 7) is 4.87. The largest absolute Gasteiger partial charge is 0.384 e. The second-order valence-corrected chi connectivity index (χ2v) is 4.96. The SMILES string of the molecule is CC(C)c1nc(N)cc(NCc2ccsc2)n1. The number of aromatic nitrogens is 2. The number of nitrogens with zero attached hydrogens (tertiary/aromatic N) is 2. The van der Waals surface area contributed by atoms with Crippen molar-refractivity contribution in [3.05, 3.63) is 34.3 Å². The zero-order valence-corrected chi connectivity index (χ0v) is 10.8. The van der Waals surface area contributed by atoms with Gasteiger partial charge in [0.25, 0.3) is 0 Å². The van der Waals surface area contributed by atoms with E-state index < -0.39 is 0 Å². The van der Waals surface area contributed by atoms with Crippen LogP contribution in [0.5, 0.6) is 0 Å². The lowest BCUT2D eigenvalue weighted by molar-refractivity contribution is 0.777. The van der Waals surface area contributed by atoms with E-state index >= 15 is 0 Å². The molecule has 17 heavy (non-hydrogen) atoms. The van der Waals surface area contributed by atoms with Crippen LogP contribution in [-0.4, -0.2) is 9.97 Å². The summed E-state index contributed by atoms with van der Waals surface area (Å²) in [4.78, 5) is 8.64. The molecule has 0 aromatic carbocycles. The van der Waals surface area contributed by atoms with Crippen LogP contribution in [0.3, 0.4) is 0 Å². The van der Waals surface area contributed by atoms with Crippen molar-refractivity contribution in [2.24, 2.45) is 0 Å². The van der Waals surface area contributed by atoms with E-state index in [2.05, 4.69) is 46.0 Å². The van der Waals surface area contributed by atoms with Crippen LogP contribution in [0.15, 0.2) is 22.9 Å². The molecule has 2 heterocycles. The molecule has 0 saturated carbocycles. The second kappa shape index (κ2) is 5.14. The second-order valence-electron chi connectivity index (χ2n) is 4.18. The maximum absolute atomic E-state index is 5.76. The van der Waals surface area contributed by atoms with Crippen molar-refractivity contribution in [3.8, 4) is 0 Å². The number of anilines is 2. The molecule has 0 spiro atoms. The van der Waals surface area contributed by atoms with Crippen molar-refractivity contribution < 1.29 is 0 Å². The number of nitrogens with one attached hydrogen (secondary N) is 1. The molecular weight excluding hydrogens is 232 g/mol. The standard InChI is InChI=1S/C12H16N4S/c1-8(2)12-15-10(13)5-11(16-12)14-6-9-3-4-17-7-9/h3-5,7-8H,6H2,1-2H3,(H3,13,14,15,16). The zero-order valence-electron chi connectivity index (χ0n) is 9.97. The number of rotatable bonds is 4. The van der Waals surface area contributed by atoms with Gasteiger partial charge in [-0.3, -0.25) is 0 Å². The summed E-state index contributed by atoms with van der Waals surface area (Å²) in [6, 6.07) is 3.85. The fraction of sp³-hybridized carbons (Fsp3) is 0.333. The van der Waals surface area contributed by atoms with Crippen LogP contribution in [0.25, 0.3) is 0 Å². The predicted molar refractivity (Wildman–Crippen MR) is 72.2 cm³/mol. The van der Waals surface area contributed by atoms with E-state index in [4.69, 9.17) is 5.73 Å². The van der Waals surface area contributed by atoms with Crippen LogP contribution in [0, 0.1) is 0 Å². The molecule has 0 fully saturated rings. The van der Waals surface area contributed by atoms with Crippen LogP contribution in [0.2, 0.25) is 0 Å². The number of hydrogen-bond acceptors (Lipinski definition) is 5. The van der Waals surface area contributed by atoms with E-state index in [0.717, 1.165) is 18.2 Å². The van der Waals surface area contributed by atoms with Crippen molar-refractivity contribution in [3.63, 3.8) is 0 Å². The molecule has 5 heteroatoms. The van der Waals surface area contributed by atoms with Gasteiger partial charge in [-0.25, -0.2) is 9.97 Å². The third-order valence-electron chi connectivity index (χ3n) is 2.33. The predicted octanol–water partition coefficient (Wildman–Crippen LogP) is 2.86. The molecule has 0 bridgehead atoms. The van der Waals surface area contributed by atoms with E-state index in [1.54, 1.807) is 17.4 Å². The fourth-order valence-corrected chi connectivity index (χ4v) is 2.09. The third kappa shape index (κ3) is 3.17. The van der Waals surface area contributed by atoms with Crippen LogP contribution in [0.1, 0.15) is 31.2 Å². The van der Waals surface area contributed by atoms with Gasteiger partial charge in [0.1, 0.15) is 17.5 Å². The summed E-state index contributed by atoms with van der Waals surface area (Å²) in [5.41, 5.74) is 7.01. The monoisotopic (exact) mass is 248 g/mol. The van der Waals surface area contributed by atoms with Gasteiger partial charge < -0.3 is 11.1 Å². The first-order chi connectivity index (χ1) is 8.15. The highest BCUT2D eigenvalue weighted by atomic mass is 32.1. The van der Waals surface area contributed by atoms with Gasteiger partial charge in [0.05, 0.1) is 0 Å². The molecule has 0 atom stereocenters. The van der Waals surface area contributed by atoms with E-state index in [-0.39, 0.29) is 5.92 Å². The van der Waals surface area contributed by atoms with Crippen molar-refractivity contribution in [1.29, 1.82) is 0 Å². The van der Waals surface area contributed by atoms with Gasteiger partial charge in [0.15, 0.2) is 0 Å². The number of nitrogen functional groups attached to an aromatic ring is 1. The molecule has 0 aliphatic rings. The smallest absolute Gasteiger partial charge is 0.135 e. The molecule has 0 saturated heterocycles. The molecule has 4 nitrogen and oxygen atoms in total. The Morgan fingerprint density at radius 2 is 2.24 bits per heavy atom. The Balaban J connectivity index is 2.10. The molecule has 0 radical (unpaired) electrons. The third-order valence-corrected chi connectivity index (χ3v) is 3.07. The lowest BCUT2D eigenvalue weighted by Gasteiger charge is -2.09. The molecule has 3 N–H and O–H groups in total. The van der Waals surface area contributed by atoms with Crippen molar-refractivity contribution in [2.75, 3.05) is 11.1 Å². The van der Waals surface area contributed by atoms with E-state index in [9.17, 15) is 0 Å². The average Bonchev–Trinajstić information content (AvgIpc) is 2.78. The molecule has 2 rings (SSSR count). The molecule has 0 aliphatic carbocycles. The van der Waals surface area contributed by atoms with Crippen LogP contribution < -0.4 is 11.1 Å². The van der Waals surface area contributed by atoms with Crippen LogP contribution in [-0.2, 0) is 6.54 Å². The summed E-state index contributed by atoms with van der Waals surface area (Å²) in [5, 5.41) is 7.43. The first kappa shape index (κ1) is 11.9. The highest BCUT2D eigenvalue weighted by Gasteiger charge is 2.06. The van der Waals surface area contributed by atoms with Crippen molar-refractivity contribution >= 4 is 23.0 Å². The summed E-state index contributed by atoms with van der Waals surface area (Å²) < 4.78 is 0. The van der Waals surface area contributed by atoms with Gasteiger partial charge in [-0.15, -0.1) is 0 Å². The van der Waals surface area contributed by atoms with Gasteiger partial charge in [0, 0.05) is 18.5 Å². The van der Waals surface area contributed by atoms with Gasteiger partial charge >= 0.3 is 0 Å². The molecule has 2 aromatic heterocycles. The number of hydrogen-bond donors (Lipinski definition) is 2. The first-order valence-electron chi connectivity index (χ1n) is 5.54. The summed E-state index contributed by atoms with van der Waals surface area (Å²) in [7, 11) is 0. The average molecular weight is 248 g/mol. The van der Waals surface area contributed by atoms with Crippen molar-refractivity contribution in [2.45, 2.75) is 26.3 Å². The highest BCUT2D eigenvalue weighted by Crippen LogP contribution is 2.16. The summed E-state index contributed by atoms with van der Waals surface area (Å²) >= 11 is 1.69. The molecule has 0 aliphatic heterocycles. The topological polar surface area (TPSA) is 63.8 Å². The minimum Gasteiger partial charge on any atom is -0.384 e. The van der Waals surface area contributed by atoms with E-state index in [0.29, 0.717) is 5.82 Å². The maximum Gasteiger partial charge on any atom is 0.135 e. The zero-order chi connectivity index (χ0) is 12.3. The summed E-state index contributed by atoms with van der Waals surface area (Å²) in [6.07, 6.45) is 0. The van der Waals surface area contributed by atoms with Crippen molar-refractivity contribution in [1.82, 2.24) is 9.97 Å². The molecule has 2 aromatic rings. The Morgan fingerprint density at radius 3 is 2.88 bits per heavy atom. The Morgan fingerprint density at radius 1 is 1.41 bits per heavy atom. The Bertz CT molecular complexity index is 479. The first-order valence-corrected chi connectivity index (χ1v) is 6.49. The van der Waals surface area contributed by atoms with Gasteiger partial charge in [0.2, 0.25) is 0 Å². The lowest BCUT2D eigenvalue weighted by Crippen LogP contribution is -2.07. The number of nitrogens with two attached hydrogens (primary N) is 1. The van der Waals surface area contributed by atoms with Gasteiger partial charge in [-0.1, -0.05) is 13.8 Å². The molecule has 90 valence electrons. The Hall–Kier alpha value is -1.62. The minimum absolute atomic E-state index is 0.278. The highest BCUT2D eigenvalue weighted by molar-refractivity contribution is 7.07. The number of thiophene rings is 1. The summed E-state index contributed by atoms with van der Waals surface area (Å²) in [5.74, 6) is 2.35. The normalized spacial score (nSPS) is 10.8. The Labute approximate surface area is 105 Å². The fourth-order valence-electron chi connectivity index (χ4n) is 1.42. The van der Waals surface area contributed by atoms with Crippen LogP contribution >= 0.6 is 11.3 Å². The van der Waals surface area contributed by atoms with E-state index in [1.807, 2.05) is 0 Å². The molecule has 0 amide bonds. The van der Waals surface area contributed by atoms with Crippen LogP contribution in [0.4, 0.5) is 11.6 Å². The quantitative estimate of drug-likeness (QED) is 0.873. The lowest BCUT2D eigenvalue weighted by atomic mass is 10.2. The van der Waals surface area contributed by atoms with E-state index in [1.165, 1.54) is 5.56 Å². The minimum atomic E-state index is 0.278. The maximum atomic E-state index is 5.76. The Kier molecular flexibility index (Phi) is 3.58.